The SMILES string of the molecule is Cc1ccccc1OC[C@H]1CCCN(C(=O)Cc2cccc(O)c2)C1. The van der Waals surface area contributed by atoms with Crippen LogP contribution in [0.2, 0.25) is 0 Å². The number of hydrogen-bond donors (Lipinski definition) is 1. The lowest BCUT2D eigenvalue weighted by molar-refractivity contribution is -0.132. The van der Waals surface area contributed by atoms with E-state index in [1.807, 2.05) is 42.2 Å². The molecule has 0 bridgehead atoms. The monoisotopic (exact) mass is 339 g/mol. The van der Waals surface area contributed by atoms with Crippen LogP contribution in [-0.4, -0.2) is 35.6 Å². The largest absolute Gasteiger partial charge is 0.508 e. The van der Waals surface area contributed by atoms with Gasteiger partial charge in [0.25, 0.3) is 0 Å². The quantitative estimate of drug-likeness (QED) is 0.906. The van der Waals surface area contributed by atoms with Gasteiger partial charge in [-0.15, -0.1) is 0 Å². The standard InChI is InChI=1S/C21H25NO3/c1-16-6-2-3-10-20(16)25-15-18-8-5-11-22(14-18)21(24)13-17-7-4-9-19(23)12-17/h2-4,6-7,9-10,12,18,23H,5,8,11,13-15H2,1H3/t18-/m0/s1. The van der Waals surface area contributed by atoms with E-state index in [0.717, 1.165) is 42.8 Å². The normalized spacial score (nSPS) is 17.3. The van der Waals surface area contributed by atoms with Gasteiger partial charge in [0.1, 0.15) is 11.5 Å². The first-order valence-electron chi connectivity index (χ1n) is 8.86. The maximum Gasteiger partial charge on any atom is 0.227 e. The molecule has 1 heterocycles. The Labute approximate surface area is 149 Å². The maximum atomic E-state index is 12.6. The van der Waals surface area contributed by atoms with Crippen LogP contribution in [0.4, 0.5) is 0 Å². The molecule has 0 radical (unpaired) electrons. The van der Waals surface area contributed by atoms with E-state index in [4.69, 9.17) is 4.74 Å². The molecule has 1 N–H and O–H groups in total. The highest BCUT2D eigenvalue weighted by Gasteiger charge is 2.24. The first kappa shape index (κ1) is 17.3. The molecule has 4 heteroatoms. The Hall–Kier alpha value is -2.49. The number of rotatable bonds is 5. The highest BCUT2D eigenvalue weighted by Crippen LogP contribution is 2.22. The van der Waals surface area contributed by atoms with Crippen molar-refractivity contribution in [2.75, 3.05) is 19.7 Å². The zero-order chi connectivity index (χ0) is 17.6. The Morgan fingerprint density at radius 2 is 2.08 bits per heavy atom. The highest BCUT2D eigenvalue weighted by molar-refractivity contribution is 5.79. The Morgan fingerprint density at radius 3 is 2.88 bits per heavy atom. The van der Waals surface area contributed by atoms with Crippen LogP contribution in [-0.2, 0) is 11.2 Å². The van der Waals surface area contributed by atoms with E-state index in [1.54, 1.807) is 18.2 Å². The van der Waals surface area contributed by atoms with Gasteiger partial charge < -0.3 is 14.7 Å². The van der Waals surface area contributed by atoms with E-state index in [9.17, 15) is 9.90 Å². The van der Waals surface area contributed by atoms with Crippen LogP contribution >= 0.6 is 0 Å². The lowest BCUT2D eigenvalue weighted by Gasteiger charge is -2.33. The predicted molar refractivity (Wildman–Crippen MR) is 97.8 cm³/mol. The molecule has 2 aromatic carbocycles. The number of aromatic hydroxyl groups is 1. The van der Waals surface area contributed by atoms with Crippen molar-refractivity contribution in [1.29, 1.82) is 0 Å². The maximum absolute atomic E-state index is 12.6. The molecular weight excluding hydrogens is 314 g/mol. The number of hydrogen-bond acceptors (Lipinski definition) is 3. The van der Waals surface area contributed by atoms with Crippen molar-refractivity contribution in [3.8, 4) is 11.5 Å². The minimum atomic E-state index is 0.117. The van der Waals surface area contributed by atoms with Gasteiger partial charge in [0.15, 0.2) is 0 Å². The van der Waals surface area contributed by atoms with Crippen molar-refractivity contribution in [3.63, 3.8) is 0 Å². The number of piperidine rings is 1. The van der Waals surface area contributed by atoms with E-state index in [-0.39, 0.29) is 11.7 Å². The summed E-state index contributed by atoms with van der Waals surface area (Å²) in [4.78, 5) is 14.5. The summed E-state index contributed by atoms with van der Waals surface area (Å²) >= 11 is 0. The number of para-hydroxylation sites is 1. The summed E-state index contributed by atoms with van der Waals surface area (Å²) in [5.41, 5.74) is 1.98. The lowest BCUT2D eigenvalue weighted by Crippen LogP contribution is -2.42. The summed E-state index contributed by atoms with van der Waals surface area (Å²) in [6.07, 6.45) is 2.43. The third kappa shape index (κ3) is 4.75. The number of phenolic OH excluding ortho intramolecular Hbond substituents is 1. The average molecular weight is 339 g/mol. The molecule has 0 spiro atoms. The van der Waals surface area contributed by atoms with Crippen LogP contribution in [0, 0.1) is 12.8 Å². The van der Waals surface area contributed by atoms with Crippen LogP contribution < -0.4 is 4.74 Å². The second-order valence-electron chi connectivity index (χ2n) is 6.77. The first-order valence-corrected chi connectivity index (χ1v) is 8.86. The fourth-order valence-corrected chi connectivity index (χ4v) is 3.31. The Kier molecular flexibility index (Phi) is 5.59. The molecule has 25 heavy (non-hydrogen) atoms. The molecule has 0 saturated carbocycles. The molecule has 1 aliphatic rings. The number of carbonyl (C=O) groups is 1. The molecule has 4 nitrogen and oxygen atoms in total. The average Bonchev–Trinajstić information content (AvgIpc) is 2.61. The molecule has 0 aromatic heterocycles. The van der Waals surface area contributed by atoms with Gasteiger partial charge in [-0.3, -0.25) is 4.79 Å². The number of carbonyl (C=O) groups excluding carboxylic acids is 1. The number of ether oxygens (including phenoxy) is 1. The van der Waals surface area contributed by atoms with Crippen LogP contribution in [0.1, 0.15) is 24.0 Å². The van der Waals surface area contributed by atoms with Gasteiger partial charge in [-0.05, 0) is 49.1 Å². The van der Waals surface area contributed by atoms with Gasteiger partial charge in [-0.25, -0.2) is 0 Å². The van der Waals surface area contributed by atoms with Gasteiger partial charge in [0.05, 0.1) is 13.0 Å². The Bertz CT molecular complexity index is 729. The number of likely N-dealkylation sites (tertiary alicyclic amines) is 1. The topological polar surface area (TPSA) is 49.8 Å². The third-order valence-corrected chi connectivity index (χ3v) is 4.71. The van der Waals surface area contributed by atoms with Gasteiger partial charge in [-0.1, -0.05) is 30.3 Å². The summed E-state index contributed by atoms with van der Waals surface area (Å²) in [5, 5.41) is 9.54. The first-order chi connectivity index (χ1) is 12.1. The zero-order valence-corrected chi connectivity index (χ0v) is 14.6. The molecule has 1 aliphatic heterocycles. The molecule has 0 unspecified atom stereocenters. The van der Waals surface area contributed by atoms with Crippen LogP contribution in [0.5, 0.6) is 11.5 Å². The molecule has 3 rings (SSSR count). The molecule has 1 atom stereocenters. The lowest BCUT2D eigenvalue weighted by atomic mass is 9.98. The number of phenols is 1. The van der Waals surface area contributed by atoms with Crippen LogP contribution in [0.15, 0.2) is 48.5 Å². The molecule has 132 valence electrons. The van der Waals surface area contributed by atoms with E-state index in [2.05, 4.69) is 0 Å². The summed E-state index contributed by atoms with van der Waals surface area (Å²) < 4.78 is 5.97. The Morgan fingerprint density at radius 1 is 1.24 bits per heavy atom. The Balaban J connectivity index is 1.53. The molecule has 1 saturated heterocycles. The summed E-state index contributed by atoms with van der Waals surface area (Å²) in [6.45, 7) is 4.23. The zero-order valence-electron chi connectivity index (χ0n) is 14.6. The van der Waals surface area contributed by atoms with Crippen LogP contribution in [0.3, 0.4) is 0 Å². The smallest absolute Gasteiger partial charge is 0.227 e. The van der Waals surface area contributed by atoms with E-state index in [0.29, 0.717) is 18.9 Å². The minimum Gasteiger partial charge on any atom is -0.508 e. The van der Waals surface area contributed by atoms with E-state index in [1.165, 1.54) is 0 Å². The number of aryl methyl sites for hydroxylation is 1. The van der Waals surface area contributed by atoms with Gasteiger partial charge in [-0.2, -0.15) is 0 Å². The molecular formula is C21H25NO3. The fourth-order valence-electron chi connectivity index (χ4n) is 3.31. The predicted octanol–water partition coefficient (Wildman–Crippen LogP) is 3.56. The van der Waals surface area contributed by atoms with Crippen molar-refractivity contribution in [1.82, 2.24) is 4.90 Å². The number of amides is 1. The van der Waals surface area contributed by atoms with Crippen molar-refractivity contribution in [2.45, 2.75) is 26.2 Å². The van der Waals surface area contributed by atoms with Gasteiger partial charge in [0.2, 0.25) is 5.91 Å². The van der Waals surface area contributed by atoms with Crippen molar-refractivity contribution < 1.29 is 14.6 Å². The molecule has 0 aliphatic carbocycles. The van der Waals surface area contributed by atoms with Crippen molar-refractivity contribution in [2.24, 2.45) is 5.92 Å². The second-order valence-corrected chi connectivity index (χ2v) is 6.77. The van der Waals surface area contributed by atoms with Gasteiger partial charge in [0, 0.05) is 19.0 Å². The van der Waals surface area contributed by atoms with Crippen molar-refractivity contribution >= 4 is 5.91 Å². The molecule has 2 aromatic rings. The van der Waals surface area contributed by atoms with E-state index < -0.39 is 0 Å². The molecule has 1 fully saturated rings. The van der Waals surface area contributed by atoms with Crippen molar-refractivity contribution in [3.05, 3.63) is 59.7 Å². The van der Waals surface area contributed by atoms with Crippen LogP contribution in [0.25, 0.3) is 0 Å². The highest BCUT2D eigenvalue weighted by atomic mass is 16.5. The number of nitrogens with zero attached hydrogens (tertiary/aromatic N) is 1. The van der Waals surface area contributed by atoms with Gasteiger partial charge >= 0.3 is 0 Å². The third-order valence-electron chi connectivity index (χ3n) is 4.71. The number of benzene rings is 2. The fraction of sp³-hybridized carbons (Fsp3) is 0.381. The summed E-state index contributed by atoms with van der Waals surface area (Å²) in [6, 6.07) is 14.9. The minimum absolute atomic E-state index is 0.117. The second kappa shape index (κ2) is 8.06. The summed E-state index contributed by atoms with van der Waals surface area (Å²) in [7, 11) is 0. The molecule has 1 amide bonds. The van der Waals surface area contributed by atoms with E-state index >= 15 is 0 Å². The summed E-state index contributed by atoms with van der Waals surface area (Å²) in [5.74, 6) is 1.60.